The minimum Gasteiger partial charge on any atom is -0.508 e. The third-order valence-corrected chi connectivity index (χ3v) is 5.46. The topological polar surface area (TPSA) is 84.2 Å². The van der Waals surface area contributed by atoms with Crippen molar-refractivity contribution in [1.82, 2.24) is 9.55 Å². The molecule has 6 nitrogen and oxygen atoms in total. The van der Waals surface area contributed by atoms with Crippen LogP contribution in [-0.4, -0.2) is 26.3 Å². The highest BCUT2D eigenvalue weighted by Gasteiger charge is 2.14. The van der Waals surface area contributed by atoms with Gasteiger partial charge in [-0.15, -0.1) is 17.9 Å². The van der Waals surface area contributed by atoms with Crippen LogP contribution in [0, 0.1) is 6.92 Å². The molecule has 2 N–H and O–H groups in total. The molecule has 8 heteroatoms. The Bertz CT molecular complexity index is 1020. The van der Waals surface area contributed by atoms with Crippen LogP contribution in [-0.2, 0) is 11.3 Å². The predicted octanol–water partition coefficient (Wildman–Crippen LogP) is 3.39. The van der Waals surface area contributed by atoms with Crippen LogP contribution in [0.25, 0.3) is 10.2 Å². The average molecular weight is 387 g/mol. The molecule has 0 saturated carbocycles. The van der Waals surface area contributed by atoms with E-state index in [1.807, 2.05) is 13.0 Å². The molecule has 0 fully saturated rings. The van der Waals surface area contributed by atoms with Gasteiger partial charge in [0.1, 0.15) is 10.6 Å². The van der Waals surface area contributed by atoms with Crippen LogP contribution < -0.4 is 10.9 Å². The summed E-state index contributed by atoms with van der Waals surface area (Å²) >= 11 is 2.66. The highest BCUT2D eigenvalue weighted by atomic mass is 32.2. The number of carbonyl (C=O) groups is 1. The van der Waals surface area contributed by atoms with E-state index in [0.717, 1.165) is 4.88 Å². The van der Waals surface area contributed by atoms with Gasteiger partial charge in [-0.2, -0.15) is 0 Å². The molecule has 0 saturated heterocycles. The molecule has 0 unspecified atom stereocenters. The van der Waals surface area contributed by atoms with Gasteiger partial charge < -0.3 is 10.4 Å². The first-order valence-corrected chi connectivity index (χ1v) is 9.61. The van der Waals surface area contributed by atoms with Crippen molar-refractivity contribution >= 4 is 44.9 Å². The molecule has 1 amide bonds. The first kappa shape index (κ1) is 18.2. The maximum Gasteiger partial charge on any atom is 0.263 e. The van der Waals surface area contributed by atoms with Gasteiger partial charge in [0.2, 0.25) is 5.91 Å². The first-order chi connectivity index (χ1) is 12.5. The average Bonchev–Trinajstić information content (AvgIpc) is 2.99. The van der Waals surface area contributed by atoms with Gasteiger partial charge in [-0.1, -0.05) is 17.8 Å². The predicted molar refractivity (Wildman–Crippen MR) is 106 cm³/mol. The molecular weight excluding hydrogens is 370 g/mol. The number of phenolic OH excluding ortho intramolecular Hbond substituents is 1. The lowest BCUT2D eigenvalue weighted by Crippen LogP contribution is -2.23. The molecule has 3 rings (SSSR count). The summed E-state index contributed by atoms with van der Waals surface area (Å²) in [5.41, 5.74) is 0.467. The summed E-state index contributed by atoms with van der Waals surface area (Å²) in [6, 6.07) is 8.06. The number of hydrogen-bond donors (Lipinski definition) is 2. The van der Waals surface area contributed by atoms with E-state index in [4.69, 9.17) is 0 Å². The van der Waals surface area contributed by atoms with Gasteiger partial charge in [-0.05, 0) is 37.3 Å². The largest absolute Gasteiger partial charge is 0.508 e. The molecule has 0 radical (unpaired) electrons. The number of thioether (sulfide) groups is 1. The molecule has 0 atom stereocenters. The van der Waals surface area contributed by atoms with E-state index in [1.54, 1.807) is 18.2 Å². The van der Waals surface area contributed by atoms with Gasteiger partial charge in [-0.25, -0.2) is 4.98 Å². The molecule has 1 aromatic carbocycles. The van der Waals surface area contributed by atoms with Crippen LogP contribution in [0.4, 0.5) is 5.69 Å². The second kappa shape index (κ2) is 7.76. The van der Waals surface area contributed by atoms with Crippen molar-refractivity contribution in [2.24, 2.45) is 0 Å². The van der Waals surface area contributed by atoms with E-state index in [9.17, 15) is 14.7 Å². The standard InChI is InChI=1S/C18H17N3O3S2/c1-3-8-21-17(24)14-9-11(2)26-16(14)20-18(21)25-10-15(23)19-12-4-6-13(22)7-5-12/h3-7,9,22H,1,8,10H2,2H3,(H,19,23). The maximum absolute atomic E-state index is 12.7. The van der Waals surface area contributed by atoms with E-state index in [0.29, 0.717) is 27.6 Å². The van der Waals surface area contributed by atoms with Crippen molar-refractivity contribution in [1.29, 1.82) is 0 Å². The number of hydrogen-bond acceptors (Lipinski definition) is 6. The van der Waals surface area contributed by atoms with E-state index in [2.05, 4.69) is 16.9 Å². The lowest BCUT2D eigenvalue weighted by molar-refractivity contribution is -0.113. The highest BCUT2D eigenvalue weighted by Crippen LogP contribution is 2.24. The van der Waals surface area contributed by atoms with Gasteiger partial charge in [0.15, 0.2) is 5.16 Å². The number of fused-ring (bicyclic) bond motifs is 1. The number of rotatable bonds is 6. The van der Waals surface area contributed by atoms with Gasteiger partial charge in [0.25, 0.3) is 5.56 Å². The quantitative estimate of drug-likeness (QED) is 0.293. The first-order valence-electron chi connectivity index (χ1n) is 7.81. The van der Waals surface area contributed by atoms with Crippen LogP contribution in [0.3, 0.4) is 0 Å². The van der Waals surface area contributed by atoms with Gasteiger partial charge >= 0.3 is 0 Å². The summed E-state index contributed by atoms with van der Waals surface area (Å²) in [4.78, 5) is 31.1. The van der Waals surface area contributed by atoms with E-state index >= 15 is 0 Å². The molecule has 0 spiro atoms. The molecule has 0 bridgehead atoms. The summed E-state index contributed by atoms with van der Waals surface area (Å²) < 4.78 is 1.53. The van der Waals surface area contributed by atoms with Crippen molar-refractivity contribution in [2.45, 2.75) is 18.6 Å². The van der Waals surface area contributed by atoms with Gasteiger partial charge in [0.05, 0.1) is 11.1 Å². The summed E-state index contributed by atoms with van der Waals surface area (Å²) in [6.07, 6.45) is 1.63. The monoisotopic (exact) mass is 387 g/mol. The number of nitrogens with zero attached hydrogens (tertiary/aromatic N) is 2. The zero-order valence-electron chi connectivity index (χ0n) is 14.1. The van der Waals surface area contributed by atoms with Crippen LogP contribution >= 0.6 is 23.1 Å². The summed E-state index contributed by atoms with van der Waals surface area (Å²) in [7, 11) is 0. The molecule has 0 aliphatic rings. The zero-order valence-corrected chi connectivity index (χ0v) is 15.7. The number of amides is 1. The second-order valence-electron chi connectivity index (χ2n) is 5.56. The van der Waals surface area contributed by atoms with Gasteiger partial charge in [0, 0.05) is 17.1 Å². The number of aryl methyl sites for hydroxylation is 1. The second-order valence-corrected chi connectivity index (χ2v) is 7.74. The molecule has 26 heavy (non-hydrogen) atoms. The Morgan fingerprint density at radius 1 is 1.42 bits per heavy atom. The fourth-order valence-corrected chi connectivity index (χ4v) is 4.12. The van der Waals surface area contributed by atoms with E-state index in [1.165, 1.54) is 39.8 Å². The van der Waals surface area contributed by atoms with Crippen LogP contribution in [0.5, 0.6) is 5.75 Å². The van der Waals surface area contributed by atoms with Crippen molar-refractivity contribution in [3.63, 3.8) is 0 Å². The van der Waals surface area contributed by atoms with Crippen LogP contribution in [0.2, 0.25) is 0 Å². The molecule has 134 valence electrons. The Morgan fingerprint density at radius 3 is 2.85 bits per heavy atom. The van der Waals surface area contributed by atoms with Crippen molar-refractivity contribution < 1.29 is 9.90 Å². The molecule has 3 aromatic rings. The number of phenols is 1. The molecule has 2 heterocycles. The lowest BCUT2D eigenvalue weighted by atomic mass is 10.3. The number of anilines is 1. The Kier molecular flexibility index (Phi) is 5.43. The number of nitrogens with one attached hydrogen (secondary N) is 1. The molecule has 0 aliphatic heterocycles. The molecule has 0 aliphatic carbocycles. The summed E-state index contributed by atoms with van der Waals surface area (Å²) in [6.45, 7) is 5.95. The Hall–Kier alpha value is -2.58. The Balaban J connectivity index is 1.79. The minimum atomic E-state index is -0.220. The number of aromatic hydroxyl groups is 1. The third-order valence-electron chi connectivity index (χ3n) is 3.53. The highest BCUT2D eigenvalue weighted by molar-refractivity contribution is 7.99. The fraction of sp³-hybridized carbons (Fsp3) is 0.167. The zero-order chi connectivity index (χ0) is 18.7. The number of carbonyl (C=O) groups excluding carboxylic acids is 1. The van der Waals surface area contributed by atoms with E-state index in [-0.39, 0.29) is 23.0 Å². The van der Waals surface area contributed by atoms with Crippen molar-refractivity contribution in [3.8, 4) is 5.75 Å². The van der Waals surface area contributed by atoms with Crippen molar-refractivity contribution in [3.05, 3.63) is 58.2 Å². The summed E-state index contributed by atoms with van der Waals surface area (Å²) in [5, 5.41) is 13.1. The van der Waals surface area contributed by atoms with E-state index < -0.39 is 0 Å². The maximum atomic E-state index is 12.7. The lowest BCUT2D eigenvalue weighted by Gasteiger charge is -2.10. The molecule has 2 aromatic heterocycles. The number of aromatic nitrogens is 2. The number of allylic oxidation sites excluding steroid dienone is 1. The fourth-order valence-electron chi connectivity index (χ4n) is 2.39. The van der Waals surface area contributed by atoms with Crippen molar-refractivity contribution in [2.75, 3.05) is 11.1 Å². The normalized spacial score (nSPS) is 10.8. The minimum absolute atomic E-state index is 0.111. The number of thiophene rings is 1. The van der Waals surface area contributed by atoms with Gasteiger partial charge in [-0.3, -0.25) is 14.2 Å². The SMILES string of the molecule is C=CCn1c(SCC(=O)Nc2ccc(O)cc2)nc2sc(C)cc2c1=O. The molecular formula is C18H17N3O3S2. The van der Waals surface area contributed by atoms with Crippen LogP contribution in [0.15, 0.2) is 52.9 Å². The number of benzene rings is 1. The smallest absolute Gasteiger partial charge is 0.263 e. The third kappa shape index (κ3) is 3.97. The summed E-state index contributed by atoms with van der Waals surface area (Å²) in [5.74, 6) is 0.0254. The van der Waals surface area contributed by atoms with Crippen LogP contribution in [0.1, 0.15) is 4.88 Å². The Labute approximate surface area is 158 Å². The Morgan fingerprint density at radius 2 is 2.15 bits per heavy atom.